The van der Waals surface area contributed by atoms with E-state index in [4.69, 9.17) is 21.1 Å². The topological polar surface area (TPSA) is 67.9 Å². The summed E-state index contributed by atoms with van der Waals surface area (Å²) >= 11 is 6.22. The summed E-state index contributed by atoms with van der Waals surface area (Å²) in [5.74, 6) is 0.821. The molecule has 0 aliphatic rings. The van der Waals surface area contributed by atoms with Crippen LogP contribution in [-0.4, -0.2) is 42.5 Å². The van der Waals surface area contributed by atoms with Crippen LogP contribution in [0.3, 0.4) is 0 Å². The average molecular weight is 461 g/mol. The molecule has 7 heteroatoms. The van der Waals surface area contributed by atoms with Crippen molar-refractivity contribution in [1.82, 2.24) is 10.2 Å². The number of hydrogen-bond donors (Lipinski definition) is 1. The van der Waals surface area contributed by atoms with Crippen LogP contribution < -0.4 is 14.8 Å². The van der Waals surface area contributed by atoms with Gasteiger partial charge in [0.2, 0.25) is 5.91 Å². The van der Waals surface area contributed by atoms with Crippen LogP contribution in [0.25, 0.3) is 0 Å². The summed E-state index contributed by atoms with van der Waals surface area (Å²) in [5.41, 5.74) is 2.65. The van der Waals surface area contributed by atoms with E-state index in [1.807, 2.05) is 52.0 Å². The highest BCUT2D eigenvalue weighted by atomic mass is 35.5. The number of nitrogens with zero attached hydrogens (tertiary/aromatic N) is 1. The van der Waals surface area contributed by atoms with Crippen LogP contribution in [0.4, 0.5) is 0 Å². The molecule has 0 bridgehead atoms. The number of carbonyl (C=O) groups excluding carboxylic acids is 2. The van der Waals surface area contributed by atoms with E-state index < -0.39 is 6.04 Å². The standard InChI is InChI=1S/C25H33ClN2O4/c1-7-18(4)27-25(30)19(5)28(14-20-8-10-21(31-6)11-9-20)23(29)15-32-22-12-16(2)24(26)17(3)13-22/h8-13,18-19H,7,14-15H2,1-6H3,(H,27,30). The smallest absolute Gasteiger partial charge is 0.261 e. The fourth-order valence-corrected chi connectivity index (χ4v) is 3.30. The monoisotopic (exact) mass is 460 g/mol. The van der Waals surface area contributed by atoms with Gasteiger partial charge in [0, 0.05) is 17.6 Å². The van der Waals surface area contributed by atoms with E-state index in [2.05, 4.69) is 5.32 Å². The molecule has 2 atom stereocenters. The third kappa shape index (κ3) is 6.89. The third-order valence-electron chi connectivity index (χ3n) is 5.45. The minimum Gasteiger partial charge on any atom is -0.497 e. The predicted octanol–water partition coefficient (Wildman–Crippen LogP) is 4.68. The van der Waals surface area contributed by atoms with Crippen LogP contribution in [0.15, 0.2) is 36.4 Å². The Kier molecular flexibility index (Phi) is 9.39. The largest absolute Gasteiger partial charge is 0.497 e. The Bertz CT molecular complexity index is 907. The molecule has 2 aromatic carbocycles. The first kappa shape index (κ1) is 25.5. The van der Waals surface area contributed by atoms with Crippen LogP contribution in [0, 0.1) is 13.8 Å². The van der Waals surface area contributed by atoms with Gasteiger partial charge in [0.05, 0.1) is 7.11 Å². The Labute approximate surface area is 195 Å². The molecule has 0 spiro atoms. The highest BCUT2D eigenvalue weighted by molar-refractivity contribution is 6.32. The van der Waals surface area contributed by atoms with Gasteiger partial charge < -0.3 is 19.7 Å². The Morgan fingerprint density at radius 3 is 2.19 bits per heavy atom. The number of amides is 2. The Morgan fingerprint density at radius 1 is 1.06 bits per heavy atom. The maximum absolute atomic E-state index is 13.2. The van der Waals surface area contributed by atoms with Gasteiger partial charge in [0.1, 0.15) is 17.5 Å². The summed E-state index contributed by atoms with van der Waals surface area (Å²) in [4.78, 5) is 27.5. The molecule has 6 nitrogen and oxygen atoms in total. The molecule has 2 unspecified atom stereocenters. The van der Waals surface area contributed by atoms with Crippen molar-refractivity contribution >= 4 is 23.4 Å². The number of aryl methyl sites for hydroxylation is 2. The fourth-order valence-electron chi connectivity index (χ4n) is 3.19. The third-order valence-corrected chi connectivity index (χ3v) is 6.05. The molecule has 0 fully saturated rings. The molecule has 0 aliphatic heterocycles. The van der Waals surface area contributed by atoms with Gasteiger partial charge >= 0.3 is 0 Å². The molecule has 32 heavy (non-hydrogen) atoms. The first-order valence-corrected chi connectivity index (χ1v) is 11.2. The number of ether oxygens (including phenoxy) is 2. The second kappa shape index (κ2) is 11.8. The molecule has 174 valence electrons. The number of hydrogen-bond acceptors (Lipinski definition) is 4. The number of halogens is 1. The summed E-state index contributed by atoms with van der Waals surface area (Å²) in [6, 6.07) is 10.4. The van der Waals surface area contributed by atoms with Crippen molar-refractivity contribution in [3.63, 3.8) is 0 Å². The zero-order valence-corrected chi connectivity index (χ0v) is 20.5. The molecule has 0 saturated heterocycles. The average Bonchev–Trinajstić information content (AvgIpc) is 2.78. The first-order valence-electron chi connectivity index (χ1n) is 10.8. The minimum atomic E-state index is -0.657. The van der Waals surface area contributed by atoms with Crippen molar-refractivity contribution in [2.45, 2.75) is 59.7 Å². The van der Waals surface area contributed by atoms with Crippen molar-refractivity contribution in [2.75, 3.05) is 13.7 Å². The lowest BCUT2D eigenvalue weighted by atomic mass is 10.1. The van der Waals surface area contributed by atoms with Crippen molar-refractivity contribution in [3.8, 4) is 11.5 Å². The molecule has 0 heterocycles. The van der Waals surface area contributed by atoms with Gasteiger partial charge in [0.25, 0.3) is 5.91 Å². The Morgan fingerprint density at radius 2 is 1.66 bits per heavy atom. The lowest BCUT2D eigenvalue weighted by Crippen LogP contribution is -2.50. The summed E-state index contributed by atoms with van der Waals surface area (Å²) in [5, 5.41) is 3.64. The first-order chi connectivity index (χ1) is 15.2. The Balaban J connectivity index is 2.19. The van der Waals surface area contributed by atoms with E-state index in [1.165, 1.54) is 4.90 Å². The van der Waals surface area contributed by atoms with E-state index in [1.54, 1.807) is 26.2 Å². The minimum absolute atomic E-state index is 0.0270. The predicted molar refractivity (Wildman–Crippen MR) is 127 cm³/mol. The SMILES string of the molecule is CCC(C)NC(=O)C(C)N(Cc1ccc(OC)cc1)C(=O)COc1cc(C)c(Cl)c(C)c1. The van der Waals surface area contributed by atoms with E-state index in [0.717, 1.165) is 28.9 Å². The van der Waals surface area contributed by atoms with Gasteiger partial charge in [-0.2, -0.15) is 0 Å². The lowest BCUT2D eigenvalue weighted by molar-refractivity contribution is -0.142. The maximum Gasteiger partial charge on any atom is 0.261 e. The van der Waals surface area contributed by atoms with Gasteiger partial charge in [-0.1, -0.05) is 30.7 Å². The number of benzene rings is 2. The molecule has 2 aromatic rings. The van der Waals surface area contributed by atoms with Crippen LogP contribution in [0.2, 0.25) is 5.02 Å². The molecule has 1 N–H and O–H groups in total. The zero-order chi connectivity index (χ0) is 23.8. The molecule has 0 radical (unpaired) electrons. The van der Waals surface area contributed by atoms with E-state index >= 15 is 0 Å². The van der Waals surface area contributed by atoms with Crippen LogP contribution in [-0.2, 0) is 16.1 Å². The second-order valence-corrected chi connectivity index (χ2v) is 8.40. The molecular formula is C25H33ClN2O4. The normalized spacial score (nSPS) is 12.6. The highest BCUT2D eigenvalue weighted by Gasteiger charge is 2.27. The second-order valence-electron chi connectivity index (χ2n) is 8.02. The molecular weight excluding hydrogens is 428 g/mol. The lowest BCUT2D eigenvalue weighted by Gasteiger charge is -2.29. The van der Waals surface area contributed by atoms with Crippen LogP contribution >= 0.6 is 11.6 Å². The van der Waals surface area contributed by atoms with Gasteiger partial charge in [-0.3, -0.25) is 9.59 Å². The molecule has 0 aliphatic carbocycles. The van der Waals surface area contributed by atoms with Crippen molar-refractivity contribution in [1.29, 1.82) is 0 Å². The van der Waals surface area contributed by atoms with Crippen LogP contribution in [0.1, 0.15) is 43.9 Å². The van der Waals surface area contributed by atoms with E-state index in [0.29, 0.717) is 10.8 Å². The van der Waals surface area contributed by atoms with Crippen molar-refractivity contribution in [3.05, 3.63) is 58.1 Å². The maximum atomic E-state index is 13.2. The fraction of sp³-hybridized carbons (Fsp3) is 0.440. The quantitative estimate of drug-likeness (QED) is 0.559. The summed E-state index contributed by atoms with van der Waals surface area (Å²) < 4.78 is 11.0. The number of methoxy groups -OCH3 is 1. The van der Waals surface area contributed by atoms with Gasteiger partial charge in [-0.05, 0) is 75.1 Å². The summed E-state index contributed by atoms with van der Waals surface area (Å²) in [6.45, 7) is 9.55. The summed E-state index contributed by atoms with van der Waals surface area (Å²) in [6.07, 6.45) is 0.809. The number of carbonyl (C=O) groups is 2. The molecule has 0 saturated carbocycles. The van der Waals surface area contributed by atoms with Gasteiger partial charge in [-0.15, -0.1) is 0 Å². The van der Waals surface area contributed by atoms with Crippen LogP contribution in [0.5, 0.6) is 11.5 Å². The van der Waals surface area contributed by atoms with Crippen molar-refractivity contribution < 1.29 is 19.1 Å². The Hall–Kier alpha value is -2.73. The summed E-state index contributed by atoms with van der Waals surface area (Å²) in [7, 11) is 1.60. The van der Waals surface area contributed by atoms with Gasteiger partial charge in [0.15, 0.2) is 6.61 Å². The van der Waals surface area contributed by atoms with Crippen molar-refractivity contribution in [2.24, 2.45) is 0 Å². The number of rotatable bonds is 10. The molecule has 0 aromatic heterocycles. The van der Waals surface area contributed by atoms with E-state index in [-0.39, 0.29) is 31.0 Å². The molecule has 2 rings (SSSR count). The highest BCUT2D eigenvalue weighted by Crippen LogP contribution is 2.26. The number of nitrogens with one attached hydrogen (secondary N) is 1. The zero-order valence-electron chi connectivity index (χ0n) is 19.7. The molecule has 2 amide bonds. The van der Waals surface area contributed by atoms with Gasteiger partial charge in [-0.25, -0.2) is 0 Å². The van der Waals surface area contributed by atoms with E-state index in [9.17, 15) is 9.59 Å².